The molecule has 3 rings (SSSR count). The van der Waals surface area contributed by atoms with Gasteiger partial charge in [0.15, 0.2) is 5.13 Å². The van der Waals surface area contributed by atoms with Crippen LogP contribution in [0.3, 0.4) is 0 Å². The van der Waals surface area contributed by atoms with Crippen LogP contribution in [0.2, 0.25) is 5.02 Å². The maximum atomic E-state index is 12.2. The van der Waals surface area contributed by atoms with Gasteiger partial charge in [0, 0.05) is 22.5 Å². The van der Waals surface area contributed by atoms with Gasteiger partial charge in [-0.1, -0.05) is 41.9 Å². The first-order chi connectivity index (χ1) is 13.6. The smallest absolute Gasteiger partial charge is 0.255 e. The van der Waals surface area contributed by atoms with Crippen molar-refractivity contribution in [3.63, 3.8) is 0 Å². The quantitative estimate of drug-likeness (QED) is 0.615. The Hall–Kier alpha value is -2.90. The number of ether oxygens (including phenoxy) is 1. The number of benzene rings is 2. The van der Waals surface area contributed by atoms with Gasteiger partial charge in [0.2, 0.25) is 5.91 Å². The molecule has 0 spiro atoms. The first-order valence-corrected chi connectivity index (χ1v) is 9.65. The number of anilines is 1. The van der Waals surface area contributed by atoms with Crippen LogP contribution in [0.1, 0.15) is 20.8 Å². The van der Waals surface area contributed by atoms with Gasteiger partial charge in [-0.3, -0.25) is 9.59 Å². The lowest BCUT2D eigenvalue weighted by molar-refractivity contribution is -0.115. The van der Waals surface area contributed by atoms with Crippen molar-refractivity contribution in [3.05, 3.63) is 75.8 Å². The summed E-state index contributed by atoms with van der Waals surface area (Å²) in [5.74, 6) is -0.294. The van der Waals surface area contributed by atoms with Gasteiger partial charge in [0.1, 0.15) is 5.75 Å². The van der Waals surface area contributed by atoms with E-state index in [1.54, 1.807) is 30.5 Å². The van der Waals surface area contributed by atoms with E-state index >= 15 is 0 Å². The number of carbonyl (C=O) groups excluding carboxylic acids is 2. The third-order valence-electron chi connectivity index (χ3n) is 3.88. The van der Waals surface area contributed by atoms with Gasteiger partial charge in [-0.05, 0) is 23.8 Å². The molecule has 144 valence electrons. The average Bonchev–Trinajstić information content (AvgIpc) is 3.14. The molecule has 2 amide bonds. The zero-order valence-corrected chi connectivity index (χ0v) is 16.6. The van der Waals surface area contributed by atoms with Crippen LogP contribution < -0.4 is 15.4 Å². The summed E-state index contributed by atoms with van der Waals surface area (Å²) in [6, 6.07) is 14.4. The van der Waals surface area contributed by atoms with Crippen molar-refractivity contribution in [2.24, 2.45) is 0 Å². The number of aromatic nitrogens is 1. The molecule has 0 radical (unpaired) electrons. The molecular weight excluding hydrogens is 398 g/mol. The van der Waals surface area contributed by atoms with Crippen LogP contribution in [0.15, 0.2) is 54.7 Å². The number of amides is 2. The number of carbonyl (C=O) groups is 2. The number of rotatable bonds is 7. The van der Waals surface area contributed by atoms with E-state index in [1.165, 1.54) is 18.4 Å². The molecule has 0 aliphatic heterocycles. The van der Waals surface area contributed by atoms with Crippen LogP contribution in [-0.2, 0) is 11.2 Å². The van der Waals surface area contributed by atoms with E-state index < -0.39 is 0 Å². The van der Waals surface area contributed by atoms with Gasteiger partial charge < -0.3 is 15.4 Å². The minimum absolute atomic E-state index is 0.170. The lowest BCUT2D eigenvalue weighted by Gasteiger charge is -2.08. The molecule has 1 heterocycles. The highest BCUT2D eigenvalue weighted by Crippen LogP contribution is 2.24. The second kappa shape index (κ2) is 9.34. The summed E-state index contributed by atoms with van der Waals surface area (Å²) >= 11 is 7.54. The van der Waals surface area contributed by atoms with Crippen LogP contribution in [0.4, 0.5) is 5.13 Å². The van der Waals surface area contributed by atoms with Crippen molar-refractivity contribution in [1.29, 1.82) is 0 Å². The van der Waals surface area contributed by atoms with E-state index in [0.29, 0.717) is 27.9 Å². The fourth-order valence-electron chi connectivity index (χ4n) is 2.53. The molecule has 0 bridgehead atoms. The van der Waals surface area contributed by atoms with E-state index in [0.717, 1.165) is 10.4 Å². The number of methoxy groups -OCH3 is 1. The molecule has 1 aromatic heterocycles. The van der Waals surface area contributed by atoms with Crippen LogP contribution in [0.25, 0.3) is 0 Å². The number of nitrogens with one attached hydrogen (secondary N) is 2. The second-order valence-electron chi connectivity index (χ2n) is 5.83. The van der Waals surface area contributed by atoms with E-state index in [4.69, 9.17) is 16.3 Å². The Morgan fingerprint density at radius 1 is 1.14 bits per heavy atom. The first-order valence-electron chi connectivity index (χ1n) is 8.46. The summed E-state index contributed by atoms with van der Waals surface area (Å²) in [6.45, 7) is -0.170. The summed E-state index contributed by atoms with van der Waals surface area (Å²) in [5.41, 5.74) is 1.36. The maximum absolute atomic E-state index is 12.2. The van der Waals surface area contributed by atoms with Crippen LogP contribution >= 0.6 is 22.9 Å². The Balaban J connectivity index is 1.53. The second-order valence-corrected chi connectivity index (χ2v) is 7.35. The normalized spacial score (nSPS) is 10.4. The highest BCUT2D eigenvalue weighted by Gasteiger charge is 2.13. The van der Waals surface area contributed by atoms with Crippen LogP contribution in [0, 0.1) is 0 Å². The first kappa shape index (κ1) is 19.9. The molecule has 0 aliphatic rings. The van der Waals surface area contributed by atoms with Gasteiger partial charge in [-0.25, -0.2) is 4.98 Å². The zero-order chi connectivity index (χ0) is 19.9. The summed E-state index contributed by atoms with van der Waals surface area (Å²) in [4.78, 5) is 29.5. The fourth-order valence-corrected chi connectivity index (χ4v) is 3.58. The largest absolute Gasteiger partial charge is 0.496 e. The molecular formula is C20H18ClN3O3S. The van der Waals surface area contributed by atoms with Gasteiger partial charge in [-0.15, -0.1) is 11.3 Å². The Morgan fingerprint density at radius 3 is 2.68 bits per heavy atom. The summed E-state index contributed by atoms with van der Waals surface area (Å²) < 4.78 is 5.15. The van der Waals surface area contributed by atoms with Gasteiger partial charge in [0.05, 0.1) is 19.2 Å². The molecule has 28 heavy (non-hydrogen) atoms. The number of nitrogens with zero attached hydrogens (tertiary/aromatic N) is 1. The van der Waals surface area contributed by atoms with E-state index in [9.17, 15) is 9.59 Å². The third-order valence-corrected chi connectivity index (χ3v) is 5.17. The topological polar surface area (TPSA) is 80.3 Å². The number of thiazole rings is 1. The van der Waals surface area contributed by atoms with Crippen molar-refractivity contribution in [3.8, 4) is 5.75 Å². The van der Waals surface area contributed by atoms with E-state index in [1.807, 2.05) is 24.3 Å². The Labute approximate surface area is 171 Å². The molecule has 0 atom stereocenters. The third kappa shape index (κ3) is 5.09. The lowest BCUT2D eigenvalue weighted by Crippen LogP contribution is -2.33. The number of hydrogen-bond donors (Lipinski definition) is 2. The summed E-state index contributed by atoms with van der Waals surface area (Å²) in [7, 11) is 1.49. The predicted octanol–water partition coefficient (Wildman–Crippen LogP) is 3.76. The molecule has 0 saturated carbocycles. The Bertz CT molecular complexity index is 990. The molecule has 8 heteroatoms. The molecule has 0 unspecified atom stereocenters. The van der Waals surface area contributed by atoms with Crippen LogP contribution in [0.5, 0.6) is 5.75 Å². The average molecular weight is 416 g/mol. The van der Waals surface area contributed by atoms with Crippen molar-refractivity contribution in [2.75, 3.05) is 19.0 Å². The fraction of sp³-hybridized carbons (Fsp3) is 0.150. The van der Waals surface area contributed by atoms with Crippen LogP contribution in [-0.4, -0.2) is 30.5 Å². The summed E-state index contributed by atoms with van der Waals surface area (Å²) in [5, 5.41) is 6.43. The van der Waals surface area contributed by atoms with Crippen molar-refractivity contribution < 1.29 is 14.3 Å². The van der Waals surface area contributed by atoms with Gasteiger partial charge in [-0.2, -0.15) is 0 Å². The van der Waals surface area contributed by atoms with Crippen molar-refractivity contribution >= 4 is 39.9 Å². The number of hydrogen-bond acceptors (Lipinski definition) is 5. The molecule has 3 aromatic rings. The van der Waals surface area contributed by atoms with Gasteiger partial charge >= 0.3 is 0 Å². The molecule has 0 fully saturated rings. The Kier molecular flexibility index (Phi) is 6.62. The van der Waals surface area contributed by atoms with E-state index in [-0.39, 0.29) is 18.4 Å². The molecule has 2 N–H and O–H groups in total. The van der Waals surface area contributed by atoms with Crippen molar-refractivity contribution in [1.82, 2.24) is 10.3 Å². The van der Waals surface area contributed by atoms with Crippen molar-refractivity contribution in [2.45, 2.75) is 6.42 Å². The zero-order valence-electron chi connectivity index (χ0n) is 15.1. The van der Waals surface area contributed by atoms with Gasteiger partial charge in [0.25, 0.3) is 5.91 Å². The molecule has 0 saturated heterocycles. The van der Waals surface area contributed by atoms with E-state index in [2.05, 4.69) is 15.6 Å². The minimum Gasteiger partial charge on any atom is -0.496 e. The minimum atomic E-state index is -0.383. The lowest BCUT2D eigenvalue weighted by atomic mass is 10.1. The SMILES string of the molecule is COc1ccccc1C(=O)NCC(=O)Nc1ncc(Cc2ccccc2Cl)s1. The summed E-state index contributed by atoms with van der Waals surface area (Å²) in [6.07, 6.45) is 2.34. The molecule has 2 aromatic carbocycles. The molecule has 6 nitrogen and oxygen atoms in total. The highest BCUT2D eigenvalue weighted by atomic mass is 35.5. The Morgan fingerprint density at radius 2 is 1.89 bits per heavy atom. The maximum Gasteiger partial charge on any atom is 0.255 e. The molecule has 0 aliphatic carbocycles. The highest BCUT2D eigenvalue weighted by molar-refractivity contribution is 7.15. The monoisotopic (exact) mass is 415 g/mol. The standard InChI is InChI=1S/C20H18ClN3O3S/c1-27-17-9-5-3-7-15(17)19(26)22-12-18(25)24-20-23-11-14(28-20)10-13-6-2-4-8-16(13)21/h2-9,11H,10,12H2,1H3,(H,22,26)(H,23,24,25). The number of para-hydroxylation sites is 1. The number of halogens is 1. The predicted molar refractivity (Wildman–Crippen MR) is 110 cm³/mol.